The molecule has 0 fully saturated rings. The van der Waals surface area contributed by atoms with E-state index in [2.05, 4.69) is 16.1 Å². The SMILES string of the molecule is Cc1ccccc1NC(=O)c1cc2cc(Cl)ccc2n1NC(=O)C(=O)Nc1cccc(C(F)(F)F)c1. The molecule has 0 aliphatic heterocycles. The van der Waals surface area contributed by atoms with Crippen molar-refractivity contribution in [1.82, 2.24) is 4.68 Å². The first-order valence-corrected chi connectivity index (χ1v) is 10.9. The van der Waals surface area contributed by atoms with Gasteiger partial charge in [0.1, 0.15) is 5.69 Å². The Morgan fingerprint density at radius 3 is 2.33 bits per heavy atom. The number of rotatable bonds is 4. The molecule has 0 aliphatic carbocycles. The van der Waals surface area contributed by atoms with Gasteiger partial charge in [0.2, 0.25) is 0 Å². The van der Waals surface area contributed by atoms with Gasteiger partial charge in [-0.3, -0.25) is 19.8 Å². The van der Waals surface area contributed by atoms with Crippen molar-refractivity contribution >= 4 is 51.6 Å². The summed E-state index contributed by atoms with van der Waals surface area (Å²) in [5.74, 6) is -3.00. The molecule has 0 aliphatic rings. The molecule has 7 nitrogen and oxygen atoms in total. The number of carbonyl (C=O) groups excluding carboxylic acids is 3. The van der Waals surface area contributed by atoms with Gasteiger partial charge in [-0.25, -0.2) is 4.68 Å². The number of carbonyl (C=O) groups is 3. The minimum Gasteiger partial charge on any atom is -0.320 e. The summed E-state index contributed by atoms with van der Waals surface area (Å²) < 4.78 is 40.0. The molecule has 36 heavy (non-hydrogen) atoms. The first kappa shape index (κ1) is 24.8. The lowest BCUT2D eigenvalue weighted by atomic mass is 10.2. The van der Waals surface area contributed by atoms with Gasteiger partial charge in [0.15, 0.2) is 0 Å². The molecule has 0 spiro atoms. The fourth-order valence-electron chi connectivity index (χ4n) is 3.49. The van der Waals surface area contributed by atoms with Crippen LogP contribution in [0.3, 0.4) is 0 Å². The van der Waals surface area contributed by atoms with Gasteiger partial charge in [0, 0.05) is 21.8 Å². The fourth-order valence-corrected chi connectivity index (χ4v) is 3.67. The van der Waals surface area contributed by atoms with Gasteiger partial charge in [-0.15, -0.1) is 0 Å². The molecule has 3 N–H and O–H groups in total. The van der Waals surface area contributed by atoms with Crippen LogP contribution in [0, 0.1) is 6.92 Å². The number of aromatic nitrogens is 1. The molecule has 3 aromatic carbocycles. The molecule has 184 valence electrons. The maximum Gasteiger partial charge on any atom is 0.416 e. The number of halogens is 4. The van der Waals surface area contributed by atoms with E-state index in [1.807, 2.05) is 19.1 Å². The molecule has 1 aromatic heterocycles. The molecule has 3 amide bonds. The second-order valence-corrected chi connectivity index (χ2v) is 8.25. The second kappa shape index (κ2) is 9.74. The number of hydrogen-bond acceptors (Lipinski definition) is 3. The van der Waals surface area contributed by atoms with Crippen molar-refractivity contribution in [3.63, 3.8) is 0 Å². The average molecular weight is 515 g/mol. The summed E-state index contributed by atoms with van der Waals surface area (Å²) in [6.45, 7) is 1.81. The molecule has 4 rings (SSSR count). The first-order chi connectivity index (χ1) is 17.0. The molecule has 0 saturated heterocycles. The summed E-state index contributed by atoms with van der Waals surface area (Å²) >= 11 is 6.06. The van der Waals surface area contributed by atoms with Crippen LogP contribution in [0.2, 0.25) is 5.02 Å². The van der Waals surface area contributed by atoms with Gasteiger partial charge >= 0.3 is 18.0 Å². The van der Waals surface area contributed by atoms with E-state index in [9.17, 15) is 27.6 Å². The van der Waals surface area contributed by atoms with Gasteiger partial charge in [-0.2, -0.15) is 13.2 Å². The summed E-state index contributed by atoms with van der Waals surface area (Å²) in [6, 6.07) is 17.1. The van der Waals surface area contributed by atoms with Crippen LogP contribution in [0.25, 0.3) is 10.9 Å². The minimum atomic E-state index is -4.62. The zero-order chi connectivity index (χ0) is 26.0. The Hall–Kier alpha value is -4.31. The standard InChI is InChI=1S/C25H18ClF3N4O3/c1-14-5-2-3-8-19(14)31-22(34)21-12-15-11-17(26)9-10-20(15)33(21)32-24(36)23(35)30-18-7-4-6-16(13-18)25(27,28)29/h2-13H,1H3,(H,30,35)(H,31,34)(H,32,36). The third-order valence-corrected chi connectivity index (χ3v) is 5.49. The van der Waals surface area contributed by atoms with Gasteiger partial charge in [-0.1, -0.05) is 35.9 Å². The Bertz CT molecular complexity index is 1500. The lowest BCUT2D eigenvalue weighted by Gasteiger charge is -2.14. The quantitative estimate of drug-likeness (QED) is 0.310. The number of anilines is 2. The summed E-state index contributed by atoms with van der Waals surface area (Å²) in [5.41, 5.74) is 2.86. The molecule has 4 aromatic rings. The summed E-state index contributed by atoms with van der Waals surface area (Å²) in [4.78, 5) is 38.2. The lowest BCUT2D eigenvalue weighted by Crippen LogP contribution is -2.36. The summed E-state index contributed by atoms with van der Waals surface area (Å²) in [5, 5.41) is 5.79. The molecule has 0 bridgehead atoms. The van der Waals surface area contributed by atoms with Gasteiger partial charge < -0.3 is 10.6 Å². The van der Waals surface area contributed by atoms with E-state index in [0.717, 1.165) is 22.4 Å². The molecular formula is C25H18ClF3N4O3. The van der Waals surface area contributed by atoms with E-state index in [4.69, 9.17) is 11.6 Å². The largest absolute Gasteiger partial charge is 0.416 e. The van der Waals surface area contributed by atoms with Crippen LogP contribution in [0.15, 0.2) is 72.8 Å². The predicted octanol–water partition coefficient (Wildman–Crippen LogP) is 5.58. The van der Waals surface area contributed by atoms with Crippen LogP contribution in [0.1, 0.15) is 21.6 Å². The molecule has 0 atom stereocenters. The number of amides is 3. The highest BCUT2D eigenvalue weighted by Gasteiger charge is 2.30. The smallest absolute Gasteiger partial charge is 0.320 e. The maximum absolute atomic E-state index is 13.1. The number of aryl methyl sites for hydroxylation is 1. The highest BCUT2D eigenvalue weighted by Crippen LogP contribution is 2.30. The van der Waals surface area contributed by atoms with Crippen molar-refractivity contribution in [2.75, 3.05) is 16.1 Å². The Morgan fingerprint density at radius 1 is 0.861 bits per heavy atom. The topological polar surface area (TPSA) is 92.2 Å². The van der Waals surface area contributed by atoms with Crippen molar-refractivity contribution < 1.29 is 27.6 Å². The molecule has 0 saturated carbocycles. The van der Waals surface area contributed by atoms with E-state index in [0.29, 0.717) is 27.7 Å². The average Bonchev–Trinajstić information content (AvgIpc) is 3.17. The van der Waals surface area contributed by atoms with Crippen molar-refractivity contribution in [2.45, 2.75) is 13.1 Å². The first-order valence-electron chi connectivity index (χ1n) is 10.5. The number of nitrogens with one attached hydrogen (secondary N) is 3. The predicted molar refractivity (Wildman–Crippen MR) is 131 cm³/mol. The monoisotopic (exact) mass is 514 g/mol. The van der Waals surface area contributed by atoms with Gasteiger partial charge in [0.25, 0.3) is 5.91 Å². The van der Waals surface area contributed by atoms with Crippen LogP contribution >= 0.6 is 11.6 Å². The number of benzene rings is 3. The zero-order valence-electron chi connectivity index (χ0n) is 18.6. The van der Waals surface area contributed by atoms with Crippen molar-refractivity contribution in [3.8, 4) is 0 Å². The zero-order valence-corrected chi connectivity index (χ0v) is 19.4. The van der Waals surface area contributed by atoms with Gasteiger partial charge in [-0.05, 0) is 61.0 Å². The summed E-state index contributed by atoms with van der Waals surface area (Å²) in [6.07, 6.45) is -4.62. The number of fused-ring (bicyclic) bond motifs is 1. The maximum atomic E-state index is 13.1. The van der Waals surface area contributed by atoms with Crippen LogP contribution in [-0.4, -0.2) is 22.4 Å². The van der Waals surface area contributed by atoms with E-state index in [1.54, 1.807) is 24.3 Å². The normalized spacial score (nSPS) is 11.2. The van der Waals surface area contributed by atoms with Crippen molar-refractivity contribution in [3.05, 3.63) is 94.6 Å². The second-order valence-electron chi connectivity index (χ2n) is 7.81. The number of nitrogens with zero attached hydrogens (tertiary/aromatic N) is 1. The highest BCUT2D eigenvalue weighted by atomic mass is 35.5. The Labute approximate surface area is 207 Å². The molecule has 1 heterocycles. The number of alkyl halides is 3. The highest BCUT2D eigenvalue weighted by molar-refractivity contribution is 6.42. The molecule has 0 unspecified atom stereocenters. The summed E-state index contributed by atoms with van der Waals surface area (Å²) in [7, 11) is 0. The van der Waals surface area contributed by atoms with Crippen LogP contribution in [0.4, 0.5) is 24.5 Å². The van der Waals surface area contributed by atoms with Crippen LogP contribution in [-0.2, 0) is 15.8 Å². The molecule has 11 heteroatoms. The molecular weight excluding hydrogens is 497 g/mol. The molecule has 0 radical (unpaired) electrons. The number of para-hydroxylation sites is 1. The third kappa shape index (κ3) is 5.33. The van der Waals surface area contributed by atoms with E-state index in [1.165, 1.54) is 18.2 Å². The number of hydrogen-bond donors (Lipinski definition) is 3. The van der Waals surface area contributed by atoms with Crippen LogP contribution in [0.5, 0.6) is 0 Å². The van der Waals surface area contributed by atoms with E-state index < -0.39 is 29.5 Å². The Morgan fingerprint density at radius 2 is 1.61 bits per heavy atom. The fraction of sp³-hybridized carbons (Fsp3) is 0.0800. The van der Waals surface area contributed by atoms with E-state index >= 15 is 0 Å². The van der Waals surface area contributed by atoms with Gasteiger partial charge in [0.05, 0.1) is 11.1 Å². The Balaban J connectivity index is 1.61. The van der Waals surface area contributed by atoms with E-state index in [-0.39, 0.29) is 11.4 Å². The van der Waals surface area contributed by atoms with Crippen LogP contribution < -0.4 is 16.1 Å². The van der Waals surface area contributed by atoms with Crippen molar-refractivity contribution in [2.24, 2.45) is 0 Å². The minimum absolute atomic E-state index is 0.00395. The third-order valence-electron chi connectivity index (χ3n) is 5.26. The lowest BCUT2D eigenvalue weighted by molar-refractivity contribution is -0.137. The Kier molecular flexibility index (Phi) is 6.71. The van der Waals surface area contributed by atoms with Crippen molar-refractivity contribution in [1.29, 1.82) is 0 Å².